The molecule has 0 bridgehead atoms. The van der Waals surface area contributed by atoms with Gasteiger partial charge in [0.1, 0.15) is 0 Å². The summed E-state index contributed by atoms with van der Waals surface area (Å²) in [5.74, 6) is 0.220. The fourth-order valence-electron chi connectivity index (χ4n) is 5.10. The van der Waals surface area contributed by atoms with Crippen LogP contribution in [0.3, 0.4) is 0 Å². The van der Waals surface area contributed by atoms with Gasteiger partial charge in [0, 0.05) is 45.3 Å². The lowest BCUT2D eigenvalue weighted by Crippen LogP contribution is -2.41. The second kappa shape index (κ2) is 10.0. The van der Waals surface area contributed by atoms with Crippen molar-refractivity contribution in [2.75, 3.05) is 38.1 Å². The first-order valence-electron chi connectivity index (χ1n) is 11.4. The summed E-state index contributed by atoms with van der Waals surface area (Å²) in [6.45, 7) is 6.06. The Hall–Kier alpha value is -2.76. The highest BCUT2D eigenvalue weighted by Crippen LogP contribution is 2.39. The van der Waals surface area contributed by atoms with Crippen molar-refractivity contribution >= 4 is 17.5 Å². The Morgan fingerprint density at radius 2 is 1.88 bits per heavy atom. The molecule has 2 aliphatic heterocycles. The van der Waals surface area contributed by atoms with Gasteiger partial charge in [-0.25, -0.2) is 0 Å². The number of halogens is 3. The van der Waals surface area contributed by atoms with Gasteiger partial charge in [0.15, 0.2) is 0 Å². The van der Waals surface area contributed by atoms with E-state index in [0.29, 0.717) is 38.3 Å². The maximum atomic E-state index is 13.3. The molecular formula is C24H31F3N4O2. The van der Waals surface area contributed by atoms with E-state index in [1.54, 1.807) is 24.1 Å². The Balaban J connectivity index is 1.71. The van der Waals surface area contributed by atoms with Crippen molar-refractivity contribution in [2.24, 2.45) is 23.7 Å². The molecule has 0 unspecified atom stereocenters. The third-order valence-corrected chi connectivity index (χ3v) is 6.82. The highest BCUT2D eigenvalue weighted by molar-refractivity contribution is 5.82. The van der Waals surface area contributed by atoms with Gasteiger partial charge in [-0.3, -0.25) is 9.59 Å². The van der Waals surface area contributed by atoms with E-state index in [2.05, 4.69) is 5.32 Å². The predicted molar refractivity (Wildman–Crippen MR) is 118 cm³/mol. The van der Waals surface area contributed by atoms with Gasteiger partial charge >= 0.3 is 6.18 Å². The molecule has 2 aliphatic rings. The minimum absolute atomic E-state index is 0.0370. The zero-order valence-electron chi connectivity index (χ0n) is 19.3. The molecule has 1 aromatic carbocycles. The normalized spacial score (nSPS) is 21.9. The second-order valence-electron chi connectivity index (χ2n) is 9.45. The standard InChI is InChI=1S/C24H31F3N4O2/c1-15(2)10-22(32)31-13-19(20(14-31)23(33)29-3)16-6-8-30(9-7-16)18-5-4-17(12-28)21(11-18)24(25,26)27/h4-5,11,15-16,19-20H,6-10,13-14H2,1-3H3,(H,29,33)/t19-,20+/m0/s1. The number of anilines is 1. The highest BCUT2D eigenvalue weighted by atomic mass is 19.4. The van der Waals surface area contributed by atoms with Crippen LogP contribution in [-0.2, 0) is 15.8 Å². The topological polar surface area (TPSA) is 76.4 Å². The number of rotatable bonds is 5. The number of alkyl halides is 3. The van der Waals surface area contributed by atoms with Crippen LogP contribution in [0.2, 0.25) is 0 Å². The third-order valence-electron chi connectivity index (χ3n) is 6.82. The van der Waals surface area contributed by atoms with E-state index >= 15 is 0 Å². The van der Waals surface area contributed by atoms with Crippen LogP contribution in [0, 0.1) is 35.0 Å². The zero-order valence-corrected chi connectivity index (χ0v) is 19.3. The van der Waals surface area contributed by atoms with Gasteiger partial charge in [-0.1, -0.05) is 13.8 Å². The number of hydrogen-bond donors (Lipinski definition) is 1. The molecule has 2 fully saturated rings. The monoisotopic (exact) mass is 464 g/mol. The van der Waals surface area contributed by atoms with E-state index < -0.39 is 11.7 Å². The van der Waals surface area contributed by atoms with Crippen LogP contribution in [0.25, 0.3) is 0 Å². The Bertz CT molecular complexity index is 917. The highest BCUT2D eigenvalue weighted by Gasteiger charge is 2.43. The van der Waals surface area contributed by atoms with Crippen LogP contribution in [0.15, 0.2) is 18.2 Å². The summed E-state index contributed by atoms with van der Waals surface area (Å²) in [7, 11) is 1.60. The number of nitriles is 1. The molecule has 0 saturated carbocycles. The molecule has 1 aromatic rings. The number of piperidine rings is 1. The average molecular weight is 465 g/mol. The lowest BCUT2D eigenvalue weighted by Gasteiger charge is -2.37. The molecule has 2 amide bonds. The number of carbonyl (C=O) groups excluding carboxylic acids is 2. The average Bonchev–Trinajstić information content (AvgIpc) is 3.23. The van der Waals surface area contributed by atoms with Gasteiger partial charge in [-0.15, -0.1) is 0 Å². The van der Waals surface area contributed by atoms with Gasteiger partial charge in [-0.2, -0.15) is 18.4 Å². The number of hydrogen-bond acceptors (Lipinski definition) is 4. The smallest absolute Gasteiger partial charge is 0.372 e. The molecule has 2 saturated heterocycles. The van der Waals surface area contributed by atoms with Crippen molar-refractivity contribution in [3.8, 4) is 6.07 Å². The van der Waals surface area contributed by atoms with E-state index in [1.807, 2.05) is 18.7 Å². The number of amides is 2. The molecule has 0 radical (unpaired) electrons. The largest absolute Gasteiger partial charge is 0.417 e. The number of carbonyl (C=O) groups is 2. The van der Waals surface area contributed by atoms with Crippen molar-refractivity contribution in [2.45, 2.75) is 39.3 Å². The molecule has 6 nitrogen and oxygen atoms in total. The van der Waals surface area contributed by atoms with Crippen LogP contribution in [-0.4, -0.2) is 49.9 Å². The summed E-state index contributed by atoms with van der Waals surface area (Å²) in [6, 6.07) is 5.45. The van der Waals surface area contributed by atoms with Gasteiger partial charge in [-0.05, 0) is 48.8 Å². The van der Waals surface area contributed by atoms with Crippen molar-refractivity contribution in [3.05, 3.63) is 29.3 Å². The summed E-state index contributed by atoms with van der Waals surface area (Å²) < 4.78 is 40.0. The summed E-state index contributed by atoms with van der Waals surface area (Å²) in [4.78, 5) is 28.9. The SMILES string of the molecule is CNC(=O)[C@@H]1CN(C(=O)CC(C)C)C[C@H]1C1CCN(c2ccc(C#N)c(C(F)(F)F)c2)CC1. The lowest BCUT2D eigenvalue weighted by molar-refractivity contribution is -0.137. The molecule has 180 valence electrons. The van der Waals surface area contributed by atoms with E-state index in [-0.39, 0.29) is 41.0 Å². The van der Waals surface area contributed by atoms with Gasteiger partial charge in [0.25, 0.3) is 0 Å². The van der Waals surface area contributed by atoms with Gasteiger partial charge < -0.3 is 15.1 Å². The fraction of sp³-hybridized carbons (Fsp3) is 0.625. The maximum Gasteiger partial charge on any atom is 0.417 e. The Morgan fingerprint density at radius 3 is 2.42 bits per heavy atom. The molecular weight excluding hydrogens is 433 g/mol. The molecule has 0 aliphatic carbocycles. The second-order valence-corrected chi connectivity index (χ2v) is 9.45. The summed E-state index contributed by atoms with van der Waals surface area (Å²) in [6.07, 6.45) is -2.68. The van der Waals surface area contributed by atoms with Crippen LogP contribution in [0.4, 0.5) is 18.9 Å². The Kier molecular flexibility index (Phi) is 7.55. The molecule has 2 atom stereocenters. The van der Waals surface area contributed by atoms with Crippen LogP contribution < -0.4 is 10.2 Å². The van der Waals surface area contributed by atoms with Crippen molar-refractivity contribution in [1.29, 1.82) is 5.26 Å². The predicted octanol–water partition coefficient (Wildman–Crippen LogP) is 3.66. The minimum Gasteiger partial charge on any atom is -0.372 e. The fourth-order valence-corrected chi connectivity index (χ4v) is 5.10. The Labute approximate surface area is 192 Å². The zero-order chi connectivity index (χ0) is 24.3. The number of nitrogens with one attached hydrogen (secondary N) is 1. The van der Waals surface area contributed by atoms with Crippen LogP contribution in [0.5, 0.6) is 0 Å². The van der Waals surface area contributed by atoms with Crippen molar-refractivity contribution in [1.82, 2.24) is 10.2 Å². The maximum absolute atomic E-state index is 13.3. The van der Waals surface area contributed by atoms with E-state index in [9.17, 15) is 22.8 Å². The molecule has 3 rings (SSSR count). The summed E-state index contributed by atoms with van der Waals surface area (Å²) >= 11 is 0. The quantitative estimate of drug-likeness (QED) is 0.722. The first-order valence-corrected chi connectivity index (χ1v) is 11.4. The first kappa shape index (κ1) is 24.9. The number of benzene rings is 1. The number of nitrogens with zero attached hydrogens (tertiary/aromatic N) is 3. The van der Waals surface area contributed by atoms with Crippen LogP contribution in [0.1, 0.15) is 44.2 Å². The molecule has 0 aromatic heterocycles. The third kappa shape index (κ3) is 5.60. The summed E-state index contributed by atoms with van der Waals surface area (Å²) in [5.41, 5.74) is -0.853. The van der Waals surface area contributed by atoms with E-state index in [0.717, 1.165) is 18.9 Å². The molecule has 1 N–H and O–H groups in total. The molecule has 9 heteroatoms. The van der Waals surface area contributed by atoms with Crippen molar-refractivity contribution < 1.29 is 22.8 Å². The lowest BCUT2D eigenvalue weighted by atomic mass is 9.78. The van der Waals surface area contributed by atoms with Crippen LogP contribution >= 0.6 is 0 Å². The van der Waals surface area contributed by atoms with Crippen molar-refractivity contribution in [3.63, 3.8) is 0 Å². The van der Waals surface area contributed by atoms with E-state index in [1.165, 1.54) is 6.07 Å². The number of likely N-dealkylation sites (tertiary alicyclic amines) is 1. The Morgan fingerprint density at radius 1 is 1.21 bits per heavy atom. The molecule has 33 heavy (non-hydrogen) atoms. The molecule has 2 heterocycles. The molecule has 0 spiro atoms. The van der Waals surface area contributed by atoms with E-state index in [4.69, 9.17) is 5.26 Å². The first-order chi connectivity index (χ1) is 15.5. The minimum atomic E-state index is -4.59. The summed E-state index contributed by atoms with van der Waals surface area (Å²) in [5, 5.41) is 11.7. The van der Waals surface area contributed by atoms with Gasteiger partial charge in [0.2, 0.25) is 11.8 Å². The van der Waals surface area contributed by atoms with Gasteiger partial charge in [0.05, 0.1) is 23.1 Å².